The molecule has 2 aromatic carbocycles. The molecule has 0 aliphatic carbocycles. The topological polar surface area (TPSA) is 65.4 Å². The summed E-state index contributed by atoms with van der Waals surface area (Å²) in [6.45, 7) is 1.72. The zero-order chi connectivity index (χ0) is 17.3. The summed E-state index contributed by atoms with van der Waals surface area (Å²) in [6.07, 6.45) is 0. The number of carbonyl (C=O) groups excluding carboxylic acids is 1. The average molecular weight is 347 g/mol. The molecular weight excluding hydrogens is 333 g/mol. The van der Waals surface area contributed by atoms with E-state index in [4.69, 9.17) is 4.74 Å². The SMILES string of the molecule is CCOC(=O)c1cc2cc(F)ccc2n1S(=O)(=O)c1ccccc1. The third-order valence-electron chi connectivity index (χ3n) is 3.49. The summed E-state index contributed by atoms with van der Waals surface area (Å²) in [5, 5.41) is 0.303. The predicted molar refractivity (Wildman–Crippen MR) is 86.9 cm³/mol. The van der Waals surface area contributed by atoms with E-state index in [1.54, 1.807) is 25.1 Å². The summed E-state index contributed by atoms with van der Waals surface area (Å²) in [5.74, 6) is -1.30. The molecule has 0 aliphatic rings. The van der Waals surface area contributed by atoms with Crippen LogP contribution in [-0.2, 0) is 14.8 Å². The van der Waals surface area contributed by atoms with Gasteiger partial charge in [0.25, 0.3) is 10.0 Å². The van der Waals surface area contributed by atoms with E-state index >= 15 is 0 Å². The van der Waals surface area contributed by atoms with Crippen LogP contribution < -0.4 is 0 Å². The smallest absolute Gasteiger partial charge is 0.356 e. The zero-order valence-corrected chi connectivity index (χ0v) is 13.6. The average Bonchev–Trinajstić information content (AvgIpc) is 2.95. The Bertz CT molecular complexity index is 1010. The molecule has 1 aromatic heterocycles. The van der Waals surface area contributed by atoms with Crippen molar-refractivity contribution in [2.24, 2.45) is 0 Å². The molecule has 7 heteroatoms. The Kier molecular flexibility index (Phi) is 4.11. The highest BCUT2D eigenvalue weighted by Crippen LogP contribution is 2.27. The van der Waals surface area contributed by atoms with Crippen molar-refractivity contribution in [3.05, 3.63) is 66.1 Å². The van der Waals surface area contributed by atoms with Crippen LogP contribution in [0.15, 0.2) is 59.5 Å². The van der Waals surface area contributed by atoms with Crippen LogP contribution in [0, 0.1) is 5.82 Å². The molecule has 5 nitrogen and oxygen atoms in total. The van der Waals surface area contributed by atoms with Gasteiger partial charge in [0.2, 0.25) is 0 Å². The highest BCUT2D eigenvalue weighted by Gasteiger charge is 2.27. The largest absolute Gasteiger partial charge is 0.461 e. The molecule has 0 N–H and O–H groups in total. The number of hydrogen-bond donors (Lipinski definition) is 0. The van der Waals surface area contributed by atoms with Crippen LogP contribution in [0.1, 0.15) is 17.4 Å². The molecule has 0 atom stereocenters. The monoisotopic (exact) mass is 347 g/mol. The molecule has 3 aromatic rings. The minimum absolute atomic E-state index is 0.0253. The Morgan fingerprint density at radius 2 is 1.83 bits per heavy atom. The van der Waals surface area contributed by atoms with Crippen molar-refractivity contribution < 1.29 is 22.3 Å². The molecular formula is C17H14FNO4S. The molecule has 0 fully saturated rings. The van der Waals surface area contributed by atoms with E-state index in [1.165, 1.54) is 30.3 Å². The number of halogens is 1. The highest BCUT2D eigenvalue weighted by atomic mass is 32.2. The molecule has 0 spiro atoms. The lowest BCUT2D eigenvalue weighted by Gasteiger charge is -2.11. The van der Waals surface area contributed by atoms with Gasteiger partial charge in [-0.15, -0.1) is 0 Å². The van der Waals surface area contributed by atoms with E-state index in [2.05, 4.69) is 0 Å². The van der Waals surface area contributed by atoms with Crippen molar-refractivity contribution in [1.82, 2.24) is 3.97 Å². The summed E-state index contributed by atoms with van der Waals surface area (Å²) in [4.78, 5) is 12.2. The third-order valence-corrected chi connectivity index (χ3v) is 5.23. The number of rotatable bonds is 4. The van der Waals surface area contributed by atoms with Gasteiger partial charge in [-0.1, -0.05) is 18.2 Å². The standard InChI is InChI=1S/C17H14FNO4S/c1-2-23-17(20)16-11-12-10-13(18)8-9-15(12)19(16)24(21,22)14-6-4-3-5-7-14/h3-11H,2H2,1H3. The van der Waals surface area contributed by atoms with Crippen molar-refractivity contribution in [1.29, 1.82) is 0 Å². The molecule has 0 aliphatic heterocycles. The fourth-order valence-corrected chi connectivity index (χ4v) is 3.99. The fourth-order valence-electron chi connectivity index (χ4n) is 2.47. The van der Waals surface area contributed by atoms with Crippen molar-refractivity contribution in [3.8, 4) is 0 Å². The van der Waals surface area contributed by atoms with Gasteiger partial charge >= 0.3 is 5.97 Å². The Morgan fingerprint density at radius 3 is 2.50 bits per heavy atom. The molecule has 0 unspecified atom stereocenters. The van der Waals surface area contributed by atoms with Gasteiger partial charge < -0.3 is 4.74 Å². The number of ether oxygens (including phenoxy) is 1. The van der Waals surface area contributed by atoms with Gasteiger partial charge in [0.15, 0.2) is 0 Å². The number of fused-ring (bicyclic) bond motifs is 1. The first-order valence-electron chi connectivity index (χ1n) is 7.24. The number of hydrogen-bond acceptors (Lipinski definition) is 4. The molecule has 124 valence electrons. The molecule has 1 heterocycles. The first kappa shape index (κ1) is 16.2. The maximum atomic E-state index is 13.5. The number of esters is 1. The maximum absolute atomic E-state index is 13.5. The second kappa shape index (κ2) is 6.09. The van der Waals surface area contributed by atoms with Gasteiger partial charge in [0, 0.05) is 5.39 Å². The Hall–Kier alpha value is -2.67. The van der Waals surface area contributed by atoms with Gasteiger partial charge in [-0.05, 0) is 43.3 Å². The van der Waals surface area contributed by atoms with Crippen molar-refractivity contribution in [2.75, 3.05) is 6.61 Å². The van der Waals surface area contributed by atoms with E-state index in [9.17, 15) is 17.6 Å². The Morgan fingerprint density at radius 1 is 1.12 bits per heavy atom. The van der Waals surface area contributed by atoms with Crippen molar-refractivity contribution in [2.45, 2.75) is 11.8 Å². The highest BCUT2D eigenvalue weighted by molar-refractivity contribution is 7.90. The number of benzene rings is 2. The second-order valence-corrected chi connectivity index (χ2v) is 6.82. The fraction of sp³-hybridized carbons (Fsp3) is 0.118. The first-order chi connectivity index (χ1) is 11.4. The summed E-state index contributed by atoms with van der Waals surface area (Å²) in [6, 6.07) is 12.7. The Balaban J connectivity index is 2.33. The van der Waals surface area contributed by atoms with E-state index in [-0.39, 0.29) is 22.7 Å². The van der Waals surface area contributed by atoms with E-state index in [0.29, 0.717) is 5.39 Å². The van der Waals surface area contributed by atoms with Crippen molar-refractivity contribution in [3.63, 3.8) is 0 Å². The van der Waals surface area contributed by atoms with Gasteiger partial charge in [-0.3, -0.25) is 0 Å². The molecule has 0 radical (unpaired) electrons. The normalized spacial score (nSPS) is 11.6. The predicted octanol–water partition coefficient (Wildman–Crippen LogP) is 3.19. The molecule has 3 rings (SSSR count). The van der Waals surface area contributed by atoms with Crippen molar-refractivity contribution >= 4 is 26.9 Å². The van der Waals surface area contributed by atoms with Gasteiger partial charge in [0.1, 0.15) is 11.5 Å². The minimum atomic E-state index is -4.04. The molecule has 24 heavy (non-hydrogen) atoms. The third kappa shape index (κ3) is 2.67. The Labute approximate surface area is 138 Å². The summed E-state index contributed by atoms with van der Waals surface area (Å²) < 4.78 is 45.3. The van der Waals surface area contributed by atoms with E-state index in [1.807, 2.05) is 0 Å². The van der Waals surface area contributed by atoms with E-state index < -0.39 is 21.8 Å². The van der Waals surface area contributed by atoms with Crippen LogP contribution in [0.4, 0.5) is 4.39 Å². The minimum Gasteiger partial charge on any atom is -0.461 e. The number of carbonyl (C=O) groups is 1. The lowest BCUT2D eigenvalue weighted by atomic mass is 10.2. The van der Waals surface area contributed by atoms with Gasteiger partial charge in [-0.25, -0.2) is 21.6 Å². The molecule has 0 amide bonds. The van der Waals surface area contributed by atoms with Crippen LogP contribution in [0.3, 0.4) is 0 Å². The van der Waals surface area contributed by atoms with Crippen LogP contribution in [0.5, 0.6) is 0 Å². The lowest BCUT2D eigenvalue weighted by Crippen LogP contribution is -2.19. The number of aromatic nitrogens is 1. The van der Waals surface area contributed by atoms with Gasteiger partial charge in [-0.2, -0.15) is 0 Å². The summed E-state index contributed by atoms with van der Waals surface area (Å²) >= 11 is 0. The molecule has 0 saturated heterocycles. The first-order valence-corrected chi connectivity index (χ1v) is 8.68. The summed E-state index contributed by atoms with van der Waals surface area (Å²) in [7, 11) is -4.04. The number of nitrogens with zero attached hydrogens (tertiary/aromatic N) is 1. The zero-order valence-electron chi connectivity index (χ0n) is 12.8. The van der Waals surface area contributed by atoms with Crippen LogP contribution in [-0.4, -0.2) is 25.0 Å². The maximum Gasteiger partial charge on any atom is 0.356 e. The van der Waals surface area contributed by atoms with Gasteiger partial charge in [0.05, 0.1) is 17.0 Å². The second-order valence-electron chi connectivity index (χ2n) is 5.04. The molecule has 0 bridgehead atoms. The quantitative estimate of drug-likeness (QED) is 0.680. The van der Waals surface area contributed by atoms with E-state index in [0.717, 1.165) is 10.0 Å². The van der Waals surface area contributed by atoms with Crippen LogP contribution in [0.2, 0.25) is 0 Å². The van der Waals surface area contributed by atoms with Crippen LogP contribution in [0.25, 0.3) is 10.9 Å². The van der Waals surface area contributed by atoms with Crippen LogP contribution >= 0.6 is 0 Å². The lowest BCUT2D eigenvalue weighted by molar-refractivity contribution is 0.0518. The molecule has 0 saturated carbocycles. The summed E-state index contributed by atoms with van der Waals surface area (Å²) in [5.41, 5.74) is 0.0459.